The summed E-state index contributed by atoms with van der Waals surface area (Å²) < 4.78 is 11.9. The highest BCUT2D eigenvalue weighted by Crippen LogP contribution is 2.11. The van der Waals surface area contributed by atoms with Gasteiger partial charge in [0.2, 0.25) is 0 Å². The number of nitrogens with zero attached hydrogens (tertiary/aromatic N) is 1. The number of amides is 1. The monoisotopic (exact) mass is 315 g/mol. The first-order valence-electron chi connectivity index (χ1n) is 7.15. The summed E-state index contributed by atoms with van der Waals surface area (Å²) in [5.41, 5.74) is 0.990. The molecule has 0 radical (unpaired) electrons. The van der Waals surface area contributed by atoms with E-state index in [-0.39, 0.29) is 19.1 Å². The summed E-state index contributed by atoms with van der Waals surface area (Å²) in [5.74, 6) is 0.0274. The normalized spacial score (nSPS) is 10.0. The first-order chi connectivity index (χ1) is 11.1. The number of carbonyl (C=O) groups excluding carboxylic acids is 2. The van der Waals surface area contributed by atoms with E-state index in [0.717, 1.165) is 0 Å². The van der Waals surface area contributed by atoms with Crippen molar-refractivity contribution in [2.75, 3.05) is 20.3 Å². The summed E-state index contributed by atoms with van der Waals surface area (Å²) in [6, 6.07) is 10.1. The molecule has 0 aliphatic rings. The number of aromatic nitrogens is 1. The molecule has 2 rings (SSSR count). The van der Waals surface area contributed by atoms with E-state index in [1.165, 1.54) is 0 Å². The van der Waals surface area contributed by atoms with Gasteiger partial charge in [0.1, 0.15) is 25.0 Å². The van der Waals surface area contributed by atoms with E-state index in [2.05, 4.69) is 5.32 Å². The predicted octanol–water partition coefficient (Wildman–Crippen LogP) is 1.11. The first-order valence-corrected chi connectivity index (χ1v) is 7.15. The largest absolute Gasteiger partial charge is 0.497 e. The minimum absolute atomic E-state index is 0.107. The number of ether oxygens (including phenoxy) is 2. The third-order valence-electron chi connectivity index (χ3n) is 3.15. The van der Waals surface area contributed by atoms with Crippen LogP contribution in [0, 0.1) is 0 Å². The van der Waals surface area contributed by atoms with Crippen molar-refractivity contribution in [2.24, 2.45) is 7.05 Å². The van der Waals surface area contributed by atoms with Crippen LogP contribution in [0.2, 0.25) is 0 Å². The summed E-state index contributed by atoms with van der Waals surface area (Å²) in [5, 5.41) is 2.70. The first kappa shape index (κ1) is 16.5. The number of esters is 1. The Morgan fingerprint density at radius 2 is 1.87 bits per heavy atom. The van der Waals surface area contributed by atoms with Gasteiger partial charge in [-0.2, -0.15) is 0 Å². The Morgan fingerprint density at radius 1 is 1.13 bits per heavy atom. The zero-order chi connectivity index (χ0) is 16.7. The van der Waals surface area contributed by atoms with Gasteiger partial charge in [-0.05, 0) is 30.3 Å². The Hall–Kier alpha value is -2.89. The molecule has 120 valence electrons. The van der Waals surface area contributed by atoms with Gasteiger partial charge >= 0.3 is 5.97 Å². The predicted molar refractivity (Wildman–Crippen MR) is 83.2 cm³/mol. The van der Waals surface area contributed by atoms with Crippen molar-refractivity contribution < 1.29 is 23.6 Å². The molecule has 0 aliphatic heterocycles. The van der Waals surface area contributed by atoms with Crippen LogP contribution < -0.4 is 14.6 Å². The van der Waals surface area contributed by atoms with E-state index in [9.17, 15) is 9.59 Å². The van der Waals surface area contributed by atoms with Gasteiger partial charge in [-0.25, -0.2) is 9.36 Å². The van der Waals surface area contributed by atoms with E-state index < -0.39 is 5.97 Å². The van der Waals surface area contributed by atoms with Gasteiger partial charge in [0.15, 0.2) is 12.4 Å². The molecule has 0 fully saturated rings. The standard InChI is InChI=1S/C17H18N2O4/c1-19-10-3-4-14(12-19)16(20)18-9-11-23-17(21)13-5-7-15(22-2)8-6-13/h3-8,10,12H,9,11H2,1-2H3/p+1. The molecule has 6 nitrogen and oxygen atoms in total. The lowest BCUT2D eigenvalue weighted by atomic mass is 10.2. The highest BCUT2D eigenvalue weighted by Gasteiger charge is 2.10. The maximum atomic E-state index is 11.9. The second kappa shape index (κ2) is 7.93. The molecule has 0 unspecified atom stereocenters. The van der Waals surface area contributed by atoms with Crippen LogP contribution in [0.4, 0.5) is 0 Å². The lowest BCUT2D eigenvalue weighted by Crippen LogP contribution is -2.32. The number of pyridine rings is 1. The SMILES string of the molecule is COc1ccc(C(=O)OCCNC(=O)c2ccc[n+](C)c2)cc1. The number of benzene rings is 1. The van der Waals surface area contributed by atoms with Gasteiger partial charge in [-0.3, -0.25) is 4.79 Å². The van der Waals surface area contributed by atoms with E-state index in [1.54, 1.807) is 54.3 Å². The quantitative estimate of drug-likeness (QED) is 0.492. The van der Waals surface area contributed by atoms with E-state index >= 15 is 0 Å². The van der Waals surface area contributed by atoms with Crippen LogP contribution in [-0.2, 0) is 11.8 Å². The maximum Gasteiger partial charge on any atom is 0.338 e. The van der Waals surface area contributed by atoms with Crippen molar-refractivity contribution in [2.45, 2.75) is 0 Å². The van der Waals surface area contributed by atoms with Crippen LogP contribution in [0.15, 0.2) is 48.8 Å². The van der Waals surface area contributed by atoms with Crippen LogP contribution in [0.25, 0.3) is 0 Å². The van der Waals surface area contributed by atoms with Crippen LogP contribution in [0.3, 0.4) is 0 Å². The number of hydrogen-bond donors (Lipinski definition) is 1. The fraction of sp³-hybridized carbons (Fsp3) is 0.235. The van der Waals surface area contributed by atoms with Gasteiger partial charge in [0.25, 0.3) is 5.91 Å². The number of rotatable bonds is 6. The molecular formula is C17H19N2O4+. The van der Waals surface area contributed by atoms with Crippen molar-refractivity contribution >= 4 is 11.9 Å². The van der Waals surface area contributed by atoms with E-state index in [1.807, 2.05) is 13.2 Å². The Morgan fingerprint density at radius 3 is 2.52 bits per heavy atom. The summed E-state index contributed by atoms with van der Waals surface area (Å²) >= 11 is 0. The number of hydrogen-bond acceptors (Lipinski definition) is 4. The summed E-state index contributed by atoms with van der Waals surface area (Å²) in [7, 11) is 3.40. The van der Waals surface area contributed by atoms with Gasteiger partial charge in [0.05, 0.1) is 19.2 Å². The number of aryl methyl sites for hydroxylation is 1. The Kier molecular flexibility index (Phi) is 5.68. The number of methoxy groups -OCH3 is 1. The second-order valence-corrected chi connectivity index (χ2v) is 4.88. The van der Waals surface area contributed by atoms with E-state index in [4.69, 9.17) is 9.47 Å². The number of nitrogens with one attached hydrogen (secondary N) is 1. The molecule has 0 saturated carbocycles. The summed E-state index contributed by atoms with van der Waals surface area (Å²) in [4.78, 5) is 23.7. The topological polar surface area (TPSA) is 68.5 Å². The zero-order valence-electron chi connectivity index (χ0n) is 13.1. The molecule has 1 N–H and O–H groups in total. The average Bonchev–Trinajstić information content (AvgIpc) is 2.58. The van der Waals surface area contributed by atoms with Gasteiger partial charge in [-0.1, -0.05) is 0 Å². The molecule has 1 amide bonds. The lowest BCUT2D eigenvalue weighted by Gasteiger charge is -2.07. The molecule has 0 aliphatic carbocycles. The molecular weight excluding hydrogens is 296 g/mol. The Balaban J connectivity index is 1.76. The van der Waals surface area contributed by atoms with E-state index in [0.29, 0.717) is 16.9 Å². The molecule has 0 atom stereocenters. The van der Waals surface area contributed by atoms with Crippen LogP contribution in [-0.4, -0.2) is 32.1 Å². The third kappa shape index (κ3) is 4.81. The fourth-order valence-electron chi connectivity index (χ4n) is 1.94. The fourth-order valence-corrected chi connectivity index (χ4v) is 1.94. The molecule has 0 bridgehead atoms. The minimum Gasteiger partial charge on any atom is -0.497 e. The van der Waals surface area contributed by atoms with Crippen molar-refractivity contribution in [3.63, 3.8) is 0 Å². The molecule has 1 aromatic carbocycles. The van der Waals surface area contributed by atoms with Crippen molar-refractivity contribution in [3.8, 4) is 5.75 Å². The summed E-state index contributed by atoms with van der Waals surface area (Å²) in [6.45, 7) is 0.356. The zero-order valence-corrected chi connectivity index (χ0v) is 13.1. The molecule has 1 heterocycles. The average molecular weight is 315 g/mol. The van der Waals surface area contributed by atoms with Gasteiger partial charge in [0, 0.05) is 6.07 Å². The molecule has 0 saturated heterocycles. The Labute approximate surface area is 134 Å². The lowest BCUT2D eigenvalue weighted by molar-refractivity contribution is -0.671. The highest BCUT2D eigenvalue weighted by molar-refractivity contribution is 5.93. The maximum absolute atomic E-state index is 11.9. The molecule has 1 aromatic heterocycles. The van der Waals surface area contributed by atoms with Crippen LogP contribution >= 0.6 is 0 Å². The number of carbonyl (C=O) groups is 2. The second-order valence-electron chi connectivity index (χ2n) is 4.88. The minimum atomic E-state index is -0.437. The Bertz CT molecular complexity index is 683. The smallest absolute Gasteiger partial charge is 0.338 e. The molecule has 0 spiro atoms. The summed E-state index contributed by atoms with van der Waals surface area (Å²) in [6.07, 6.45) is 3.56. The molecule has 6 heteroatoms. The highest BCUT2D eigenvalue weighted by atomic mass is 16.5. The van der Waals surface area contributed by atoms with Crippen molar-refractivity contribution in [1.82, 2.24) is 5.32 Å². The molecule has 2 aromatic rings. The van der Waals surface area contributed by atoms with Crippen LogP contribution in [0.5, 0.6) is 5.75 Å². The van der Waals surface area contributed by atoms with Crippen LogP contribution in [0.1, 0.15) is 20.7 Å². The van der Waals surface area contributed by atoms with Gasteiger partial charge in [-0.15, -0.1) is 0 Å². The van der Waals surface area contributed by atoms with Gasteiger partial charge < -0.3 is 14.8 Å². The molecule has 23 heavy (non-hydrogen) atoms. The van der Waals surface area contributed by atoms with Crippen molar-refractivity contribution in [1.29, 1.82) is 0 Å². The van der Waals surface area contributed by atoms with Crippen molar-refractivity contribution in [3.05, 3.63) is 59.9 Å². The third-order valence-corrected chi connectivity index (χ3v) is 3.15.